The maximum absolute atomic E-state index is 12.0. The highest BCUT2D eigenvalue weighted by molar-refractivity contribution is 7.86. The van der Waals surface area contributed by atoms with Crippen LogP contribution in [0, 0.1) is 0 Å². The number of hydrogen-bond acceptors (Lipinski definition) is 22. The van der Waals surface area contributed by atoms with Gasteiger partial charge in [-0.3, -0.25) is 9.11 Å². The van der Waals surface area contributed by atoms with Crippen molar-refractivity contribution in [3.8, 4) is 17.2 Å². The lowest BCUT2D eigenvalue weighted by atomic mass is 10.1. The number of aliphatic hydroxyl groups is 1. The lowest BCUT2D eigenvalue weighted by molar-refractivity contribution is 0.282. The Kier molecular flexibility index (Phi) is 23.5. The van der Waals surface area contributed by atoms with Gasteiger partial charge in [0.15, 0.2) is 0 Å². The second kappa shape index (κ2) is 29.1. The van der Waals surface area contributed by atoms with Crippen molar-refractivity contribution in [3.05, 3.63) is 141 Å². The average Bonchev–Trinajstić information content (AvgIpc) is 3.33. The predicted octanol–water partition coefficient (Wildman–Crippen LogP) is 7.99. The van der Waals surface area contributed by atoms with Gasteiger partial charge in [-0.2, -0.15) is 37.0 Å². The third-order valence-electron chi connectivity index (χ3n) is 9.33. The summed E-state index contributed by atoms with van der Waals surface area (Å²) < 4.78 is 134. The lowest BCUT2D eigenvalue weighted by Gasteiger charge is -2.15. The standard InChI is InChI=1S/C44H44Cl2N8O10S2.2O3S/c1-3-16-63-39-24-36(53-51-32-12-10-29(27-55)11-13-32)34(45)19-30(39)21-42-48-43(50-44(49-42)47-26-28-8-5-4-6-9-28)22-31-20-35(46)37(25-40(31)64-17-7-18-65(56,57)58)54-52-33-14-15-38(62-2)41(23-33)66(59,60)61;2*1-4(2)3/h4-6,8-15,19-20,23-25,55H,3,7,16-18,21-22,26-27H2,1-2H3,(H,56,57,58)(H,59,60,61)(H,47,48,49,50);;. The second-order valence-corrected chi connectivity index (χ2v) is 19.4. The maximum atomic E-state index is 12.0. The largest absolute Gasteiger partial charge is 0.495 e. The van der Waals surface area contributed by atoms with E-state index in [4.69, 9.17) is 77.6 Å². The molecule has 0 aliphatic carbocycles. The minimum atomic E-state index is -4.67. The molecule has 1 aromatic heterocycles. The van der Waals surface area contributed by atoms with Crippen molar-refractivity contribution in [3.63, 3.8) is 0 Å². The van der Waals surface area contributed by atoms with E-state index in [2.05, 4.69) is 25.8 Å². The molecule has 0 spiro atoms. The third kappa shape index (κ3) is 20.9. The Labute approximate surface area is 437 Å². The van der Waals surface area contributed by atoms with Crippen LogP contribution in [0.4, 0.5) is 28.7 Å². The van der Waals surface area contributed by atoms with Gasteiger partial charge in [0, 0.05) is 42.6 Å². The number of benzene rings is 5. The highest BCUT2D eigenvalue weighted by atomic mass is 35.5. The molecule has 6 rings (SSSR count). The molecule has 0 unspecified atom stereocenters. The number of aromatic nitrogens is 3. The van der Waals surface area contributed by atoms with Crippen LogP contribution in [-0.4, -0.2) is 97.3 Å². The SMILES string of the molecule is CCCOc1cc(N=Nc2ccc(CO)cc2)c(Cl)cc1Cc1nc(Cc2cc(Cl)c(N=Nc3ccc(OC)c(S(=O)(=O)O)c3)cc2OCCCS(=O)(=O)O)nc(NCc2ccccc2)n1.O=S(=O)=O.O=S(=O)=O. The van der Waals surface area contributed by atoms with Crippen LogP contribution in [-0.2, 0) is 67.4 Å². The van der Waals surface area contributed by atoms with Crippen LogP contribution in [0.3, 0.4) is 0 Å². The maximum Gasteiger partial charge on any atom is 0.425 e. The van der Waals surface area contributed by atoms with Crippen LogP contribution in [0.5, 0.6) is 17.2 Å². The van der Waals surface area contributed by atoms with E-state index in [1.54, 1.807) is 42.5 Å². The lowest BCUT2D eigenvalue weighted by Crippen LogP contribution is -2.12. The second-order valence-electron chi connectivity index (χ2n) is 14.8. The van der Waals surface area contributed by atoms with Gasteiger partial charge < -0.3 is 24.6 Å². The first kappa shape index (κ1) is 59.7. The summed E-state index contributed by atoms with van der Waals surface area (Å²) in [4.78, 5) is 13.8. The van der Waals surface area contributed by atoms with Crippen LogP contribution < -0.4 is 19.5 Å². The third-order valence-corrected chi connectivity index (χ3v) is 11.6. The van der Waals surface area contributed by atoms with E-state index in [1.807, 2.05) is 37.3 Å². The fourth-order valence-corrected chi connectivity index (χ4v) is 7.75. The Balaban J connectivity index is 0.00000138. The minimum absolute atomic E-state index is 0.0229. The number of hydrogen-bond donors (Lipinski definition) is 4. The number of nitrogens with zero attached hydrogens (tertiary/aromatic N) is 7. The summed E-state index contributed by atoms with van der Waals surface area (Å²) >= 11 is 13.5. The number of azo groups is 2. The van der Waals surface area contributed by atoms with Crippen molar-refractivity contribution < 1.29 is 70.5 Å². The Morgan fingerprint density at radius 2 is 1.15 bits per heavy atom. The number of methoxy groups -OCH3 is 1. The Morgan fingerprint density at radius 1 is 0.635 bits per heavy atom. The zero-order valence-electron chi connectivity index (χ0n) is 38.8. The highest BCUT2D eigenvalue weighted by Gasteiger charge is 2.20. The Morgan fingerprint density at radius 3 is 1.64 bits per heavy atom. The van der Waals surface area contributed by atoms with Gasteiger partial charge in [-0.15, -0.1) is 35.5 Å². The van der Waals surface area contributed by atoms with Crippen molar-refractivity contribution in [1.29, 1.82) is 0 Å². The first-order valence-corrected chi connectivity index (χ1v) is 27.0. The summed E-state index contributed by atoms with van der Waals surface area (Å²) in [5, 5.41) is 30.1. The van der Waals surface area contributed by atoms with Gasteiger partial charge in [-0.1, -0.05) is 72.6 Å². The number of rotatable bonds is 22. The molecule has 0 bridgehead atoms. The molecule has 394 valence electrons. The molecule has 5 aromatic carbocycles. The van der Waals surface area contributed by atoms with Gasteiger partial charge in [0.05, 0.1) is 54.1 Å². The fourth-order valence-electron chi connectivity index (χ4n) is 6.15. The summed E-state index contributed by atoms with van der Waals surface area (Å²) in [5.74, 6) is 0.936. The first-order chi connectivity index (χ1) is 35.1. The molecule has 24 nitrogen and oxygen atoms in total. The van der Waals surface area contributed by atoms with Crippen molar-refractivity contribution in [2.45, 2.75) is 50.7 Å². The summed E-state index contributed by atoms with van der Waals surface area (Å²) in [6.45, 7) is 2.53. The molecule has 0 aliphatic heterocycles. The topological polar surface area (TPSA) is 359 Å². The molecule has 4 N–H and O–H groups in total. The van der Waals surface area contributed by atoms with E-state index in [0.29, 0.717) is 58.1 Å². The number of halogens is 2. The molecule has 0 aliphatic rings. The molecule has 30 heteroatoms. The van der Waals surface area contributed by atoms with E-state index >= 15 is 0 Å². The minimum Gasteiger partial charge on any atom is -0.495 e. The molecule has 0 fully saturated rings. The average molecular weight is 1140 g/mol. The van der Waals surface area contributed by atoms with Crippen LogP contribution >= 0.6 is 23.2 Å². The highest BCUT2D eigenvalue weighted by Crippen LogP contribution is 2.38. The fraction of sp³-hybridized carbons (Fsp3) is 0.250. The van der Waals surface area contributed by atoms with Crippen LogP contribution in [0.15, 0.2) is 122 Å². The van der Waals surface area contributed by atoms with Crippen molar-refractivity contribution in [2.24, 2.45) is 20.5 Å². The number of anilines is 1. The van der Waals surface area contributed by atoms with Crippen LogP contribution in [0.1, 0.15) is 53.7 Å². The number of aliphatic hydroxyl groups excluding tert-OH is 1. The van der Waals surface area contributed by atoms with Crippen molar-refractivity contribution in [2.75, 3.05) is 31.4 Å². The van der Waals surface area contributed by atoms with E-state index in [0.717, 1.165) is 23.6 Å². The monoisotopic (exact) mass is 1140 g/mol. The van der Waals surface area contributed by atoms with E-state index in [1.165, 1.54) is 25.3 Å². The molecular weight excluding hydrogens is 1100 g/mol. The van der Waals surface area contributed by atoms with E-state index in [9.17, 15) is 31.0 Å². The molecule has 0 radical (unpaired) electrons. The van der Waals surface area contributed by atoms with E-state index in [-0.39, 0.29) is 66.3 Å². The first-order valence-electron chi connectivity index (χ1n) is 21.2. The zero-order valence-corrected chi connectivity index (χ0v) is 43.5. The molecular formula is C44H44Cl2N8O16S4. The van der Waals surface area contributed by atoms with Gasteiger partial charge in [0.2, 0.25) is 5.95 Å². The Bertz CT molecular complexity index is 3380. The zero-order chi connectivity index (χ0) is 54.4. The van der Waals surface area contributed by atoms with Gasteiger partial charge >= 0.3 is 21.2 Å². The van der Waals surface area contributed by atoms with Gasteiger partial charge in [-0.25, -0.2) is 4.98 Å². The van der Waals surface area contributed by atoms with Crippen molar-refractivity contribution >= 4 is 93.4 Å². The summed E-state index contributed by atoms with van der Waals surface area (Å²) in [6.07, 6.45) is 0.834. The number of ether oxygens (including phenoxy) is 3. The summed E-state index contributed by atoms with van der Waals surface area (Å²) in [5.41, 5.74) is 3.90. The van der Waals surface area contributed by atoms with Gasteiger partial charge in [0.25, 0.3) is 20.2 Å². The molecule has 0 atom stereocenters. The molecule has 6 aromatic rings. The van der Waals surface area contributed by atoms with Crippen molar-refractivity contribution in [1.82, 2.24) is 15.0 Å². The molecule has 74 heavy (non-hydrogen) atoms. The predicted molar refractivity (Wildman–Crippen MR) is 267 cm³/mol. The number of nitrogens with one attached hydrogen (secondary N) is 1. The van der Waals surface area contributed by atoms with Crippen LogP contribution in [0.2, 0.25) is 10.0 Å². The van der Waals surface area contributed by atoms with E-state index < -0.39 is 52.1 Å². The Hall–Kier alpha value is -6.89. The van der Waals surface area contributed by atoms with Gasteiger partial charge in [0.1, 0.15) is 45.2 Å². The summed E-state index contributed by atoms with van der Waals surface area (Å²) in [6, 6.07) is 26.8. The molecule has 1 heterocycles. The summed E-state index contributed by atoms with van der Waals surface area (Å²) in [7, 11) is -13.9. The molecule has 0 amide bonds. The smallest absolute Gasteiger partial charge is 0.425 e. The quantitative estimate of drug-likeness (QED) is 0.0284. The van der Waals surface area contributed by atoms with Gasteiger partial charge in [-0.05, 0) is 66.4 Å². The molecule has 0 saturated carbocycles. The normalized spacial score (nSPS) is 11.3. The molecule has 0 saturated heterocycles. The van der Waals surface area contributed by atoms with Crippen LogP contribution in [0.25, 0.3) is 0 Å².